The van der Waals surface area contributed by atoms with E-state index in [2.05, 4.69) is 0 Å². The molecule has 0 spiro atoms. The third kappa shape index (κ3) is 3.92. The lowest BCUT2D eigenvalue weighted by Gasteiger charge is -2.52. The Morgan fingerprint density at radius 3 is 2.17 bits per heavy atom. The second-order valence-electron chi connectivity index (χ2n) is 10.0. The van der Waals surface area contributed by atoms with Gasteiger partial charge in [0.1, 0.15) is 24.4 Å². The van der Waals surface area contributed by atoms with Gasteiger partial charge in [-0.05, 0) is 57.8 Å². The van der Waals surface area contributed by atoms with Crippen molar-refractivity contribution in [3.8, 4) is 0 Å². The molecule has 1 heterocycles. The van der Waals surface area contributed by atoms with Crippen molar-refractivity contribution in [2.75, 3.05) is 13.2 Å². The van der Waals surface area contributed by atoms with Crippen molar-refractivity contribution in [1.29, 1.82) is 0 Å². The summed E-state index contributed by atoms with van der Waals surface area (Å²) in [6.45, 7) is 3.82. The van der Waals surface area contributed by atoms with Gasteiger partial charge in [0, 0.05) is 0 Å². The molecule has 1 saturated heterocycles. The third-order valence-corrected chi connectivity index (χ3v) is 7.74. The minimum Gasteiger partial charge on any atom is -0.394 e. The standard InChI is InChI=1S/C20H36O10/c1-18(2,30-17-16(26)15(25)14(24)12(7-21)29-17)9-4-10-11(20(28,6-9)8-22)5-13(23)19(10,3)27/h9-17,21-28H,4-8H2,1-3H3. The Hall–Kier alpha value is -0.400. The molecule has 0 amide bonds. The van der Waals surface area contributed by atoms with Crippen LogP contribution < -0.4 is 0 Å². The van der Waals surface area contributed by atoms with E-state index in [0.717, 1.165) is 0 Å². The van der Waals surface area contributed by atoms with Crippen molar-refractivity contribution in [2.24, 2.45) is 17.8 Å². The first-order chi connectivity index (χ1) is 13.8. The quantitative estimate of drug-likeness (QED) is 0.229. The van der Waals surface area contributed by atoms with E-state index in [-0.39, 0.29) is 12.8 Å². The van der Waals surface area contributed by atoms with Gasteiger partial charge in [-0.3, -0.25) is 0 Å². The predicted octanol–water partition coefficient (Wildman–Crippen LogP) is -2.54. The summed E-state index contributed by atoms with van der Waals surface area (Å²) in [5.74, 6) is -1.37. The van der Waals surface area contributed by atoms with Gasteiger partial charge >= 0.3 is 0 Å². The second kappa shape index (κ2) is 8.18. The number of aliphatic hydroxyl groups is 8. The Labute approximate surface area is 175 Å². The van der Waals surface area contributed by atoms with Crippen molar-refractivity contribution in [3.63, 3.8) is 0 Å². The highest BCUT2D eigenvalue weighted by atomic mass is 16.7. The highest BCUT2D eigenvalue weighted by Crippen LogP contribution is 2.56. The lowest BCUT2D eigenvalue weighted by atomic mass is 9.61. The van der Waals surface area contributed by atoms with E-state index in [9.17, 15) is 40.9 Å². The summed E-state index contributed by atoms with van der Waals surface area (Å²) < 4.78 is 11.4. The van der Waals surface area contributed by atoms with Crippen LogP contribution in [0.4, 0.5) is 0 Å². The fourth-order valence-corrected chi connectivity index (χ4v) is 5.53. The molecular formula is C20H36O10. The molecule has 0 aromatic rings. The zero-order chi connectivity index (χ0) is 22.6. The Balaban J connectivity index is 1.81. The van der Waals surface area contributed by atoms with Gasteiger partial charge in [-0.25, -0.2) is 0 Å². The zero-order valence-electron chi connectivity index (χ0n) is 17.6. The van der Waals surface area contributed by atoms with E-state index < -0.39 is 84.6 Å². The van der Waals surface area contributed by atoms with Gasteiger partial charge in [-0.1, -0.05) is 0 Å². The van der Waals surface area contributed by atoms with E-state index in [1.807, 2.05) is 0 Å². The Kier molecular flexibility index (Phi) is 6.61. The molecule has 1 aliphatic heterocycles. The van der Waals surface area contributed by atoms with Crippen LogP contribution in [0.3, 0.4) is 0 Å². The lowest BCUT2D eigenvalue weighted by molar-refractivity contribution is -0.332. The molecular weight excluding hydrogens is 400 g/mol. The van der Waals surface area contributed by atoms with Gasteiger partial charge in [-0.15, -0.1) is 0 Å². The molecule has 0 bridgehead atoms. The zero-order valence-corrected chi connectivity index (χ0v) is 17.6. The topological polar surface area (TPSA) is 180 Å². The molecule has 8 N–H and O–H groups in total. The number of aliphatic hydroxyl groups excluding tert-OH is 6. The smallest absolute Gasteiger partial charge is 0.187 e. The predicted molar refractivity (Wildman–Crippen MR) is 102 cm³/mol. The monoisotopic (exact) mass is 436 g/mol. The maximum atomic E-state index is 11.1. The summed E-state index contributed by atoms with van der Waals surface area (Å²) in [5, 5.41) is 81.8. The fourth-order valence-electron chi connectivity index (χ4n) is 5.53. The minimum absolute atomic E-state index is 0.137. The molecule has 2 aliphatic carbocycles. The van der Waals surface area contributed by atoms with Gasteiger partial charge in [0.15, 0.2) is 6.29 Å². The van der Waals surface area contributed by atoms with Gasteiger partial charge < -0.3 is 50.3 Å². The van der Waals surface area contributed by atoms with Crippen molar-refractivity contribution in [3.05, 3.63) is 0 Å². The van der Waals surface area contributed by atoms with E-state index in [1.54, 1.807) is 13.8 Å². The highest BCUT2D eigenvalue weighted by molar-refractivity contribution is 5.12. The molecule has 3 aliphatic rings. The second-order valence-corrected chi connectivity index (χ2v) is 10.0. The van der Waals surface area contributed by atoms with Gasteiger partial charge in [-0.2, -0.15) is 0 Å². The first-order valence-corrected chi connectivity index (χ1v) is 10.5. The summed E-state index contributed by atoms with van der Waals surface area (Å²) >= 11 is 0. The van der Waals surface area contributed by atoms with Crippen LogP contribution in [0.25, 0.3) is 0 Å². The Bertz CT molecular complexity index is 610. The normalized spacial score (nSPS) is 52.3. The summed E-state index contributed by atoms with van der Waals surface area (Å²) in [6, 6.07) is 0. The lowest BCUT2D eigenvalue weighted by Crippen LogP contribution is -2.62. The molecule has 0 aromatic heterocycles. The van der Waals surface area contributed by atoms with E-state index in [0.29, 0.717) is 6.42 Å². The van der Waals surface area contributed by atoms with Crippen LogP contribution in [-0.2, 0) is 9.47 Å². The van der Waals surface area contributed by atoms with Gasteiger partial charge in [0.25, 0.3) is 0 Å². The van der Waals surface area contributed by atoms with Crippen molar-refractivity contribution >= 4 is 0 Å². The van der Waals surface area contributed by atoms with Crippen molar-refractivity contribution in [1.82, 2.24) is 0 Å². The molecule has 176 valence electrons. The van der Waals surface area contributed by atoms with E-state index >= 15 is 0 Å². The number of rotatable bonds is 5. The molecule has 10 heteroatoms. The first-order valence-electron chi connectivity index (χ1n) is 10.5. The summed E-state index contributed by atoms with van der Waals surface area (Å²) in [4.78, 5) is 0. The van der Waals surface area contributed by atoms with Crippen LogP contribution >= 0.6 is 0 Å². The van der Waals surface area contributed by atoms with Crippen LogP contribution in [0.1, 0.15) is 40.0 Å². The van der Waals surface area contributed by atoms with E-state index in [4.69, 9.17) is 9.47 Å². The summed E-state index contributed by atoms with van der Waals surface area (Å²) in [5.41, 5.74) is -4.01. The number of ether oxygens (including phenoxy) is 2. The molecule has 0 radical (unpaired) electrons. The van der Waals surface area contributed by atoms with Crippen LogP contribution in [0.15, 0.2) is 0 Å². The largest absolute Gasteiger partial charge is 0.394 e. The SMILES string of the molecule is CC(C)(OC1OC(CO)C(O)C(O)C1O)C1CC2C(CC(O)C2(C)O)C(O)(CO)C1. The number of fused-ring (bicyclic) bond motifs is 1. The third-order valence-electron chi connectivity index (χ3n) is 7.74. The average molecular weight is 436 g/mol. The fraction of sp³-hybridized carbons (Fsp3) is 1.00. The molecule has 2 saturated carbocycles. The Morgan fingerprint density at radius 1 is 0.967 bits per heavy atom. The molecule has 11 unspecified atom stereocenters. The van der Waals surface area contributed by atoms with Crippen LogP contribution in [0, 0.1) is 17.8 Å². The summed E-state index contributed by atoms with van der Waals surface area (Å²) in [7, 11) is 0. The van der Waals surface area contributed by atoms with Crippen LogP contribution in [0.2, 0.25) is 0 Å². The molecule has 3 rings (SSSR count). The maximum absolute atomic E-state index is 11.1. The number of hydrogen-bond donors (Lipinski definition) is 8. The molecule has 30 heavy (non-hydrogen) atoms. The molecule has 11 atom stereocenters. The first kappa shape index (κ1) is 24.2. The maximum Gasteiger partial charge on any atom is 0.187 e. The number of hydrogen-bond acceptors (Lipinski definition) is 10. The van der Waals surface area contributed by atoms with Crippen LogP contribution in [-0.4, -0.2) is 108 Å². The highest BCUT2D eigenvalue weighted by Gasteiger charge is 2.62. The average Bonchev–Trinajstić information content (AvgIpc) is 2.92. The molecule has 10 nitrogen and oxygen atoms in total. The van der Waals surface area contributed by atoms with Crippen molar-refractivity contribution < 1.29 is 50.3 Å². The Morgan fingerprint density at radius 2 is 1.60 bits per heavy atom. The summed E-state index contributed by atoms with van der Waals surface area (Å²) in [6.07, 6.45) is -7.42. The van der Waals surface area contributed by atoms with Crippen molar-refractivity contribution in [2.45, 2.75) is 93.6 Å². The van der Waals surface area contributed by atoms with E-state index in [1.165, 1.54) is 6.92 Å². The van der Waals surface area contributed by atoms with Gasteiger partial charge in [0.05, 0.1) is 36.1 Å². The van der Waals surface area contributed by atoms with Crippen LogP contribution in [0.5, 0.6) is 0 Å². The minimum atomic E-state index is -1.58. The molecule has 3 fully saturated rings. The van der Waals surface area contributed by atoms with Gasteiger partial charge in [0.2, 0.25) is 0 Å². The molecule has 0 aromatic carbocycles.